The molecule has 0 amide bonds. The van der Waals surface area contributed by atoms with Crippen LogP contribution in [0.3, 0.4) is 0 Å². The Kier molecular flexibility index (Phi) is 65.4. The van der Waals surface area contributed by atoms with E-state index in [1.54, 1.807) is 0 Å². The number of aliphatic hydroxyl groups is 9. The first kappa shape index (κ1) is 109. The Morgan fingerprint density at radius 2 is 0.636 bits per heavy atom. The normalized spacial score (nSPS) is 25.1. The van der Waals surface area contributed by atoms with Gasteiger partial charge in [-0.1, -0.05) is 302 Å². The van der Waals surface area contributed by atoms with Crippen molar-refractivity contribution in [2.75, 3.05) is 26.4 Å². The number of allylic oxidation sites excluding steroid dienone is 6. The van der Waals surface area contributed by atoms with E-state index in [0.717, 1.165) is 154 Å². The average Bonchev–Trinajstić information content (AvgIpc) is 0.723. The van der Waals surface area contributed by atoms with E-state index in [4.69, 9.17) is 46.9 Å². The minimum absolute atomic E-state index is 0.00692. The highest BCUT2D eigenvalue weighted by Gasteiger charge is 2.60. The number of ether oxygens (including phenoxy) is 8. The fourth-order valence-electron chi connectivity index (χ4n) is 15.3. The van der Waals surface area contributed by atoms with Crippen LogP contribution in [0.5, 0.6) is 0 Å². The molecule has 2 heterocycles. The van der Waals surface area contributed by atoms with Crippen LogP contribution < -0.4 is 0 Å². The summed E-state index contributed by atoms with van der Waals surface area (Å²) in [5, 5.41) is 102. The second-order valence-corrected chi connectivity index (χ2v) is 34.9. The Labute approximate surface area is 710 Å². The molecule has 3 fully saturated rings. The summed E-state index contributed by atoms with van der Waals surface area (Å²) in [6.45, 7) is 5.55. The Morgan fingerprint density at radius 1 is 0.331 bits per heavy atom. The number of carbonyl (C=O) groups excluding carboxylic acids is 4. The van der Waals surface area contributed by atoms with Gasteiger partial charge in [-0.15, -0.1) is 0 Å². The van der Waals surface area contributed by atoms with E-state index in [0.29, 0.717) is 38.5 Å². The molecule has 1 aliphatic carbocycles. The molecule has 1 saturated carbocycles. The number of phosphoric acid groups is 1. The third-order valence-electron chi connectivity index (χ3n) is 22.8. The largest absolute Gasteiger partial charge is 0.472 e. The maximum atomic E-state index is 14.9. The molecule has 0 aromatic heterocycles. The highest BCUT2D eigenvalue weighted by Crippen LogP contribution is 2.49. The SMILES string of the molecule is CCCCCC/C=C\CCCCCCCCCC(=O)OCC1OC(OC2C(OC(=O)CCCCC/C=C\CCCCCCCC)C(O)C(O)C(OC3OC(CO)C(O)C(O)C3O)C2OP(=O)(O)OCC(COC(=O)CCCCCCCCCCCCCCCCCC)OC(=O)CCCCCCCCC/C=C\CCCCCC)C(O)C(O)C1O. The molecular formula is C92H167O25P. The number of hydrogen-bond donors (Lipinski definition) is 10. The molecule has 690 valence electrons. The monoisotopic (exact) mass is 1700 g/mol. The van der Waals surface area contributed by atoms with Gasteiger partial charge in [-0.05, 0) is 103 Å². The van der Waals surface area contributed by atoms with Gasteiger partial charge >= 0.3 is 31.7 Å². The summed E-state index contributed by atoms with van der Waals surface area (Å²) >= 11 is 0. The predicted molar refractivity (Wildman–Crippen MR) is 458 cm³/mol. The Morgan fingerprint density at radius 3 is 1.03 bits per heavy atom. The maximum absolute atomic E-state index is 14.9. The van der Waals surface area contributed by atoms with Crippen LogP contribution in [0, 0.1) is 0 Å². The fourth-order valence-corrected chi connectivity index (χ4v) is 16.3. The van der Waals surface area contributed by atoms with E-state index in [2.05, 4.69) is 64.2 Å². The van der Waals surface area contributed by atoms with Gasteiger partial charge < -0.3 is 88.7 Å². The van der Waals surface area contributed by atoms with Gasteiger partial charge in [-0.2, -0.15) is 0 Å². The second-order valence-electron chi connectivity index (χ2n) is 33.5. The Balaban J connectivity index is 1.91. The number of aliphatic hydroxyl groups excluding tert-OH is 9. The molecular weight excluding hydrogens is 1540 g/mol. The third-order valence-corrected chi connectivity index (χ3v) is 23.8. The quantitative estimate of drug-likeness (QED) is 0.00889. The topological polar surface area (TPSA) is 380 Å². The van der Waals surface area contributed by atoms with Crippen LogP contribution in [-0.4, -0.2) is 205 Å². The minimum atomic E-state index is -5.81. The van der Waals surface area contributed by atoms with Crippen molar-refractivity contribution in [3.8, 4) is 0 Å². The maximum Gasteiger partial charge on any atom is 0.472 e. The predicted octanol–water partition coefficient (Wildman–Crippen LogP) is 17.5. The zero-order chi connectivity index (χ0) is 86.1. The number of esters is 4. The molecule has 3 aliphatic rings. The molecule has 118 heavy (non-hydrogen) atoms. The van der Waals surface area contributed by atoms with Gasteiger partial charge in [-0.25, -0.2) is 4.57 Å². The van der Waals surface area contributed by atoms with Gasteiger partial charge in [0.05, 0.1) is 13.2 Å². The molecule has 3 rings (SSSR count). The summed E-state index contributed by atoms with van der Waals surface area (Å²) in [5.41, 5.74) is 0. The van der Waals surface area contributed by atoms with Gasteiger partial charge in [0.25, 0.3) is 0 Å². The van der Waals surface area contributed by atoms with Gasteiger partial charge in [0.1, 0.15) is 92.6 Å². The number of rotatable bonds is 76. The lowest BCUT2D eigenvalue weighted by atomic mass is 9.84. The smallest absolute Gasteiger partial charge is 0.463 e. The average molecular weight is 1700 g/mol. The summed E-state index contributed by atoms with van der Waals surface area (Å²) in [4.78, 5) is 66.5. The van der Waals surface area contributed by atoms with Crippen LogP contribution in [0.1, 0.15) is 394 Å². The first-order valence-electron chi connectivity index (χ1n) is 47.2. The van der Waals surface area contributed by atoms with Crippen molar-refractivity contribution >= 4 is 31.7 Å². The Bertz CT molecular complexity index is 2600. The standard InChI is InChI=1S/C92H167O25P/c1-5-9-13-17-21-25-29-33-36-39-42-44-48-52-56-60-64-75(94)108-69-72(111-77(96)66-62-58-54-50-47-43-38-35-31-27-23-19-15-11-7-3)70-110-118(106,107)117-90-88(115-91-85(104)81(100)79(98)73(68-93)112-91)84(103)83(102)87(114-78(97)67-63-59-55-51-46-40-32-28-24-20-16-12-8-4)89(90)116-92-86(105)82(101)80(99)74(113-92)71-109-76(95)65-61-57-53-49-45-41-37-34-30-26-22-18-14-10-6-2/h26-27,30-31,40,46,72-74,79-93,98-105H,5-25,28-29,32-39,41-45,47-71H2,1-4H3,(H,106,107)/b30-26-,31-27-,46-40-. The molecule has 25 nitrogen and oxygen atoms in total. The van der Waals surface area contributed by atoms with Crippen LogP contribution in [0.25, 0.3) is 0 Å². The first-order valence-corrected chi connectivity index (χ1v) is 48.7. The van der Waals surface area contributed by atoms with Crippen LogP contribution in [0.2, 0.25) is 0 Å². The summed E-state index contributed by atoms with van der Waals surface area (Å²) < 4.78 is 73.4. The molecule has 0 spiro atoms. The molecule has 18 atom stereocenters. The first-order chi connectivity index (χ1) is 57.2. The molecule has 2 saturated heterocycles. The van der Waals surface area contributed by atoms with Crippen molar-refractivity contribution in [1.82, 2.24) is 0 Å². The van der Waals surface area contributed by atoms with Crippen molar-refractivity contribution in [3.05, 3.63) is 36.5 Å². The molecule has 0 aromatic carbocycles. The van der Waals surface area contributed by atoms with Crippen molar-refractivity contribution < 1.29 is 122 Å². The molecule has 18 unspecified atom stereocenters. The number of unbranched alkanes of at least 4 members (excludes halogenated alkanes) is 46. The lowest BCUT2D eigenvalue weighted by Crippen LogP contribution is -2.70. The van der Waals surface area contributed by atoms with Crippen molar-refractivity contribution in [2.24, 2.45) is 0 Å². The zero-order valence-corrected chi connectivity index (χ0v) is 74.4. The molecule has 10 N–H and O–H groups in total. The molecule has 0 radical (unpaired) electrons. The van der Waals surface area contributed by atoms with Crippen LogP contribution in [0.15, 0.2) is 36.5 Å². The lowest BCUT2D eigenvalue weighted by molar-refractivity contribution is -0.360. The van der Waals surface area contributed by atoms with E-state index < -0.39 is 162 Å². The second kappa shape index (κ2) is 70.9. The molecule has 0 bridgehead atoms. The third kappa shape index (κ3) is 50.6. The van der Waals surface area contributed by atoms with Crippen molar-refractivity contribution in [1.29, 1.82) is 0 Å². The molecule has 2 aliphatic heterocycles. The van der Waals surface area contributed by atoms with Crippen LogP contribution in [0.4, 0.5) is 0 Å². The zero-order valence-electron chi connectivity index (χ0n) is 73.5. The summed E-state index contributed by atoms with van der Waals surface area (Å²) in [6, 6.07) is 0. The fraction of sp³-hybridized carbons (Fsp3) is 0.891. The number of phosphoric ester groups is 1. The van der Waals surface area contributed by atoms with Gasteiger partial charge in [0.15, 0.2) is 24.8 Å². The number of carbonyl (C=O) groups is 4. The highest BCUT2D eigenvalue weighted by atomic mass is 31.2. The van der Waals surface area contributed by atoms with Crippen molar-refractivity contribution in [2.45, 2.75) is 498 Å². The van der Waals surface area contributed by atoms with E-state index in [1.807, 2.05) is 0 Å². The van der Waals surface area contributed by atoms with Gasteiger partial charge in [0.2, 0.25) is 0 Å². The van der Waals surface area contributed by atoms with E-state index in [1.165, 1.54) is 141 Å². The van der Waals surface area contributed by atoms with Crippen molar-refractivity contribution in [3.63, 3.8) is 0 Å². The van der Waals surface area contributed by atoms with Crippen LogP contribution >= 0.6 is 7.82 Å². The van der Waals surface area contributed by atoms with Gasteiger partial charge in [-0.3, -0.25) is 28.2 Å². The van der Waals surface area contributed by atoms with Crippen LogP contribution in [-0.2, 0) is 70.7 Å². The number of hydrogen-bond acceptors (Lipinski definition) is 24. The molecule has 0 aromatic rings. The highest BCUT2D eigenvalue weighted by molar-refractivity contribution is 7.47. The van der Waals surface area contributed by atoms with E-state index in [9.17, 15) is 74.6 Å². The lowest BCUT2D eigenvalue weighted by Gasteiger charge is -2.50. The minimum Gasteiger partial charge on any atom is -0.463 e. The Hall–Kier alpha value is -3.31. The summed E-state index contributed by atoms with van der Waals surface area (Å²) in [7, 11) is -5.81. The summed E-state index contributed by atoms with van der Waals surface area (Å²) in [6.07, 6.45) is 32.8. The van der Waals surface area contributed by atoms with E-state index >= 15 is 0 Å². The van der Waals surface area contributed by atoms with E-state index in [-0.39, 0.29) is 32.1 Å². The summed E-state index contributed by atoms with van der Waals surface area (Å²) in [5.74, 6) is -2.99. The van der Waals surface area contributed by atoms with Gasteiger partial charge in [0, 0.05) is 25.7 Å². The molecule has 26 heteroatoms.